The predicted octanol–water partition coefficient (Wildman–Crippen LogP) is 3.05. The summed E-state index contributed by atoms with van der Waals surface area (Å²) in [6, 6.07) is 6.80. The highest BCUT2D eigenvalue weighted by molar-refractivity contribution is 14.1. The molecule has 0 N–H and O–H groups in total. The van der Waals surface area contributed by atoms with Gasteiger partial charge in [0.25, 0.3) is 0 Å². The van der Waals surface area contributed by atoms with Crippen molar-refractivity contribution in [3.63, 3.8) is 0 Å². The molecular weight excluding hydrogens is 246 g/mol. The first-order valence-corrected chi connectivity index (χ1v) is 3.99. The van der Waals surface area contributed by atoms with Crippen LogP contribution in [0.4, 0.5) is 0 Å². The zero-order valence-corrected chi connectivity index (χ0v) is 7.82. The first-order chi connectivity index (χ1) is 4.20. The minimum absolute atomic E-state index is 0.779. The maximum atomic E-state index is 5.74. The summed E-state index contributed by atoms with van der Waals surface area (Å²) in [4.78, 5) is 0. The van der Waals surface area contributed by atoms with Crippen molar-refractivity contribution in [2.45, 2.75) is 6.92 Å². The smallest absolute Gasteiger partial charge is 0.0545 e. The van der Waals surface area contributed by atoms with Gasteiger partial charge in [-0.3, -0.25) is 0 Å². The van der Waals surface area contributed by atoms with Crippen LogP contribution in [0.15, 0.2) is 12.1 Å². The lowest BCUT2D eigenvalue weighted by molar-refractivity contribution is 1.44. The summed E-state index contributed by atoms with van der Waals surface area (Å²) in [6.45, 7) is 2.00. The molecule has 1 aromatic carbocycles. The maximum Gasteiger partial charge on any atom is 0.0545 e. The highest BCUT2D eigenvalue weighted by atomic mass is 127. The Labute approximate surface area is 73.4 Å². The molecule has 0 spiro atoms. The predicted molar refractivity (Wildman–Crippen MR) is 47.7 cm³/mol. The summed E-state index contributed by atoms with van der Waals surface area (Å²) >= 11 is 7.94. The van der Waals surface area contributed by atoms with E-state index >= 15 is 0 Å². The Kier molecular flexibility index (Phi) is 2.35. The lowest BCUT2D eigenvalue weighted by Crippen LogP contribution is -1.75. The number of benzene rings is 1. The van der Waals surface area contributed by atoms with Crippen LogP contribution in [0.3, 0.4) is 0 Å². The van der Waals surface area contributed by atoms with Gasteiger partial charge in [0, 0.05) is 3.57 Å². The van der Waals surface area contributed by atoms with E-state index in [2.05, 4.69) is 28.7 Å². The number of hydrogen-bond acceptors (Lipinski definition) is 0. The summed E-state index contributed by atoms with van der Waals surface area (Å²) in [5.74, 6) is 0. The Balaban J connectivity index is 3.17. The third-order valence-corrected chi connectivity index (χ3v) is 2.52. The molecule has 0 unspecified atom stereocenters. The van der Waals surface area contributed by atoms with Crippen LogP contribution in [0.2, 0.25) is 5.02 Å². The second-order valence-electron chi connectivity index (χ2n) is 1.81. The van der Waals surface area contributed by atoms with Crippen LogP contribution in [0.25, 0.3) is 0 Å². The summed E-state index contributed by atoms with van der Waals surface area (Å²) in [7, 11) is 0. The molecule has 0 nitrogen and oxygen atoms in total. The minimum atomic E-state index is 0.779. The van der Waals surface area contributed by atoms with Crippen LogP contribution in [0.1, 0.15) is 5.56 Å². The normalized spacial score (nSPS) is 9.67. The van der Waals surface area contributed by atoms with Gasteiger partial charge in [-0.15, -0.1) is 0 Å². The average Bonchev–Trinajstić information content (AvgIpc) is 1.80. The molecule has 0 aliphatic carbocycles. The second-order valence-corrected chi connectivity index (χ2v) is 3.38. The van der Waals surface area contributed by atoms with Gasteiger partial charge in [-0.1, -0.05) is 11.6 Å². The van der Waals surface area contributed by atoms with E-state index in [1.54, 1.807) is 6.07 Å². The Morgan fingerprint density at radius 3 is 2.78 bits per heavy atom. The van der Waals surface area contributed by atoms with E-state index in [4.69, 9.17) is 11.6 Å². The van der Waals surface area contributed by atoms with E-state index in [1.165, 1.54) is 0 Å². The summed E-state index contributed by atoms with van der Waals surface area (Å²) in [6.07, 6.45) is 0. The standard InChI is InChI=1S/C7H5ClI/c1-5-2-3-6(8)7(9)4-5/h3-4H,1H3. The van der Waals surface area contributed by atoms with Gasteiger partial charge >= 0.3 is 0 Å². The zero-order chi connectivity index (χ0) is 6.85. The van der Waals surface area contributed by atoms with Gasteiger partial charge < -0.3 is 0 Å². The van der Waals surface area contributed by atoms with Crippen molar-refractivity contribution in [1.29, 1.82) is 0 Å². The molecular formula is C7H5ClI. The highest BCUT2D eigenvalue weighted by Gasteiger charge is 1.93. The number of halogens is 2. The number of aryl methyl sites for hydroxylation is 1. The van der Waals surface area contributed by atoms with Crippen molar-refractivity contribution < 1.29 is 0 Å². The Morgan fingerprint density at radius 2 is 2.33 bits per heavy atom. The van der Waals surface area contributed by atoms with Gasteiger partial charge in [-0.2, -0.15) is 0 Å². The largest absolute Gasteiger partial charge is 0.0832 e. The van der Waals surface area contributed by atoms with E-state index in [-0.39, 0.29) is 0 Å². The molecule has 0 heterocycles. The molecule has 0 aromatic heterocycles. The quantitative estimate of drug-likeness (QED) is 0.622. The molecule has 9 heavy (non-hydrogen) atoms. The van der Waals surface area contributed by atoms with Crippen LogP contribution < -0.4 is 0 Å². The van der Waals surface area contributed by atoms with Gasteiger partial charge in [0.05, 0.1) is 5.02 Å². The van der Waals surface area contributed by atoms with E-state index in [0.717, 1.165) is 14.2 Å². The topological polar surface area (TPSA) is 0 Å². The van der Waals surface area contributed by atoms with Crippen LogP contribution in [0, 0.1) is 16.6 Å². The van der Waals surface area contributed by atoms with Gasteiger partial charge in [0.2, 0.25) is 0 Å². The van der Waals surface area contributed by atoms with E-state index in [0.29, 0.717) is 0 Å². The van der Waals surface area contributed by atoms with E-state index in [1.807, 2.05) is 13.0 Å². The van der Waals surface area contributed by atoms with Gasteiger partial charge in [-0.25, -0.2) is 0 Å². The van der Waals surface area contributed by atoms with Crippen molar-refractivity contribution in [3.8, 4) is 0 Å². The molecule has 0 bridgehead atoms. The van der Waals surface area contributed by atoms with Gasteiger partial charge in [0.1, 0.15) is 0 Å². The first-order valence-electron chi connectivity index (χ1n) is 2.53. The van der Waals surface area contributed by atoms with Crippen molar-refractivity contribution in [1.82, 2.24) is 0 Å². The van der Waals surface area contributed by atoms with Gasteiger partial charge in [0.15, 0.2) is 0 Å². The third-order valence-electron chi connectivity index (χ3n) is 0.998. The minimum Gasteiger partial charge on any atom is -0.0832 e. The van der Waals surface area contributed by atoms with E-state index in [9.17, 15) is 0 Å². The zero-order valence-electron chi connectivity index (χ0n) is 4.91. The second kappa shape index (κ2) is 2.88. The lowest BCUT2D eigenvalue weighted by Gasteiger charge is -1.94. The molecule has 0 fully saturated rings. The fourth-order valence-electron chi connectivity index (χ4n) is 0.547. The summed E-state index contributed by atoms with van der Waals surface area (Å²) < 4.78 is 1.09. The highest BCUT2D eigenvalue weighted by Crippen LogP contribution is 2.17. The lowest BCUT2D eigenvalue weighted by atomic mass is 10.2. The molecule has 0 saturated carbocycles. The van der Waals surface area contributed by atoms with Crippen molar-refractivity contribution in [2.75, 3.05) is 0 Å². The van der Waals surface area contributed by atoms with Crippen LogP contribution >= 0.6 is 34.2 Å². The molecule has 0 aliphatic heterocycles. The molecule has 0 amide bonds. The average molecular weight is 251 g/mol. The monoisotopic (exact) mass is 251 g/mol. The Morgan fingerprint density at radius 1 is 1.67 bits per heavy atom. The van der Waals surface area contributed by atoms with Crippen LogP contribution in [-0.2, 0) is 0 Å². The molecule has 0 aliphatic rings. The molecule has 47 valence electrons. The maximum absolute atomic E-state index is 5.74. The fraction of sp³-hybridized carbons (Fsp3) is 0.143. The van der Waals surface area contributed by atoms with Crippen molar-refractivity contribution >= 4 is 34.2 Å². The summed E-state index contributed by atoms with van der Waals surface area (Å²) in [5.41, 5.74) is 1.13. The molecule has 1 aromatic rings. The Hall–Kier alpha value is 0.240. The first kappa shape index (κ1) is 7.35. The SMILES string of the molecule is Cc1[c]cc(Cl)c(I)c1. The molecule has 1 radical (unpaired) electrons. The van der Waals surface area contributed by atoms with E-state index < -0.39 is 0 Å². The molecule has 0 atom stereocenters. The van der Waals surface area contributed by atoms with Crippen molar-refractivity contribution in [3.05, 3.63) is 32.4 Å². The fourth-order valence-corrected chi connectivity index (χ4v) is 1.28. The molecule has 2 heteroatoms. The Bertz CT molecular complexity index is 220. The van der Waals surface area contributed by atoms with Gasteiger partial charge in [-0.05, 0) is 53.3 Å². The number of hydrogen-bond donors (Lipinski definition) is 0. The molecule has 1 rings (SSSR count). The number of rotatable bonds is 0. The third kappa shape index (κ3) is 1.83. The van der Waals surface area contributed by atoms with Crippen LogP contribution in [-0.4, -0.2) is 0 Å². The van der Waals surface area contributed by atoms with Crippen molar-refractivity contribution in [2.24, 2.45) is 0 Å². The summed E-state index contributed by atoms with van der Waals surface area (Å²) in [5, 5.41) is 0.779. The molecule has 0 saturated heterocycles. The van der Waals surface area contributed by atoms with Crippen LogP contribution in [0.5, 0.6) is 0 Å².